The fraction of sp³-hybridized carbons (Fsp3) is 0.310. The second-order valence-electron chi connectivity index (χ2n) is 9.31. The van der Waals surface area contributed by atoms with E-state index in [9.17, 15) is 18.0 Å². The number of anilines is 1. The van der Waals surface area contributed by atoms with E-state index in [-0.39, 0.29) is 23.4 Å². The lowest BCUT2D eigenvalue weighted by molar-refractivity contribution is -0.139. The molecule has 0 spiro atoms. The number of hydrogen-bond acceptors (Lipinski definition) is 4. The van der Waals surface area contributed by atoms with Crippen LogP contribution in [0.25, 0.3) is 0 Å². The average molecular weight is 601 g/mol. The molecule has 0 unspecified atom stereocenters. The summed E-state index contributed by atoms with van der Waals surface area (Å²) in [5, 5.41) is 2.93. The van der Waals surface area contributed by atoms with Crippen molar-refractivity contribution in [3.05, 3.63) is 94.5 Å². The van der Waals surface area contributed by atoms with Gasteiger partial charge in [-0.05, 0) is 69.2 Å². The molecule has 0 heterocycles. The van der Waals surface area contributed by atoms with Gasteiger partial charge >= 0.3 is 0 Å². The maximum atomic E-state index is 13.9. The third kappa shape index (κ3) is 7.45. The van der Waals surface area contributed by atoms with Crippen LogP contribution < -0.4 is 9.62 Å². The SMILES string of the molecule is CC[C@@H](C)NC(=O)[C@@H](C)N(Cc1cccc(Br)c1)C(=O)CN(c1ccccc1)S(=O)(=O)c1ccc(C)cc1. The fourth-order valence-electron chi connectivity index (χ4n) is 3.84. The summed E-state index contributed by atoms with van der Waals surface area (Å²) in [6.07, 6.45) is 0.745. The Morgan fingerprint density at radius 2 is 1.61 bits per heavy atom. The lowest BCUT2D eigenvalue weighted by atomic mass is 10.1. The van der Waals surface area contributed by atoms with Crippen molar-refractivity contribution in [2.45, 2.75) is 57.6 Å². The summed E-state index contributed by atoms with van der Waals surface area (Å²) in [7, 11) is -4.07. The largest absolute Gasteiger partial charge is 0.352 e. The lowest BCUT2D eigenvalue weighted by Crippen LogP contribution is -2.52. The Bertz CT molecular complexity index is 1350. The lowest BCUT2D eigenvalue weighted by Gasteiger charge is -2.32. The highest BCUT2D eigenvalue weighted by atomic mass is 79.9. The molecule has 38 heavy (non-hydrogen) atoms. The molecule has 0 aliphatic rings. The van der Waals surface area contributed by atoms with Crippen LogP contribution in [-0.2, 0) is 26.2 Å². The first-order valence-corrected chi connectivity index (χ1v) is 14.7. The number of nitrogens with zero attached hydrogens (tertiary/aromatic N) is 2. The summed E-state index contributed by atoms with van der Waals surface area (Å²) in [5.74, 6) is -0.785. The van der Waals surface area contributed by atoms with Crippen molar-refractivity contribution in [1.82, 2.24) is 10.2 Å². The number of nitrogens with one attached hydrogen (secondary N) is 1. The Morgan fingerprint density at radius 1 is 0.947 bits per heavy atom. The summed E-state index contributed by atoms with van der Waals surface area (Å²) in [4.78, 5) is 28.5. The van der Waals surface area contributed by atoms with Crippen LogP contribution in [0.4, 0.5) is 5.69 Å². The quantitative estimate of drug-likeness (QED) is 0.324. The number of aryl methyl sites for hydroxylation is 1. The molecule has 0 fully saturated rings. The van der Waals surface area contributed by atoms with Crippen LogP contribution in [0.15, 0.2) is 88.2 Å². The number of sulfonamides is 1. The van der Waals surface area contributed by atoms with E-state index >= 15 is 0 Å². The number of amides is 2. The van der Waals surface area contributed by atoms with E-state index < -0.39 is 28.5 Å². The Hall–Kier alpha value is -3.17. The van der Waals surface area contributed by atoms with Crippen LogP contribution in [0.3, 0.4) is 0 Å². The van der Waals surface area contributed by atoms with Gasteiger partial charge in [0.2, 0.25) is 11.8 Å². The van der Waals surface area contributed by atoms with E-state index in [0.717, 1.165) is 26.3 Å². The molecule has 0 aromatic heterocycles. The van der Waals surface area contributed by atoms with E-state index in [2.05, 4.69) is 21.2 Å². The van der Waals surface area contributed by atoms with Crippen LogP contribution in [0.2, 0.25) is 0 Å². The predicted molar refractivity (Wildman–Crippen MR) is 154 cm³/mol. The molecule has 3 aromatic carbocycles. The van der Waals surface area contributed by atoms with Gasteiger partial charge in [-0.3, -0.25) is 13.9 Å². The van der Waals surface area contributed by atoms with Crippen LogP contribution in [0, 0.1) is 6.92 Å². The van der Waals surface area contributed by atoms with E-state index in [1.54, 1.807) is 49.4 Å². The number of carbonyl (C=O) groups excluding carboxylic acids is 2. The summed E-state index contributed by atoms with van der Waals surface area (Å²) < 4.78 is 29.5. The van der Waals surface area contributed by atoms with Gasteiger partial charge in [-0.1, -0.05) is 70.9 Å². The maximum Gasteiger partial charge on any atom is 0.264 e. The van der Waals surface area contributed by atoms with Crippen molar-refractivity contribution >= 4 is 43.5 Å². The second-order valence-corrected chi connectivity index (χ2v) is 12.1. The minimum absolute atomic E-state index is 0.0597. The number of rotatable bonds is 11. The molecular formula is C29H34BrN3O4S. The molecule has 2 atom stereocenters. The zero-order valence-electron chi connectivity index (χ0n) is 22.1. The fourth-order valence-corrected chi connectivity index (χ4v) is 5.70. The van der Waals surface area contributed by atoms with Crippen LogP contribution >= 0.6 is 15.9 Å². The molecule has 2 amide bonds. The highest BCUT2D eigenvalue weighted by molar-refractivity contribution is 9.10. The van der Waals surface area contributed by atoms with Gasteiger partial charge in [-0.15, -0.1) is 0 Å². The molecule has 3 rings (SSSR count). The molecule has 202 valence electrons. The molecular weight excluding hydrogens is 566 g/mol. The van der Waals surface area contributed by atoms with Gasteiger partial charge < -0.3 is 10.2 Å². The Labute approximate surface area is 234 Å². The van der Waals surface area contributed by atoms with Crippen LogP contribution in [0.5, 0.6) is 0 Å². The number of hydrogen-bond donors (Lipinski definition) is 1. The molecule has 1 N–H and O–H groups in total. The summed E-state index contributed by atoms with van der Waals surface area (Å²) >= 11 is 3.45. The highest BCUT2D eigenvalue weighted by Gasteiger charge is 2.32. The molecule has 7 nitrogen and oxygen atoms in total. The zero-order chi connectivity index (χ0) is 27.9. The summed E-state index contributed by atoms with van der Waals surface area (Å²) in [5.41, 5.74) is 2.09. The first-order valence-electron chi connectivity index (χ1n) is 12.5. The van der Waals surface area contributed by atoms with Gasteiger partial charge in [0, 0.05) is 17.1 Å². The van der Waals surface area contributed by atoms with Gasteiger partial charge in [0.15, 0.2) is 0 Å². The topological polar surface area (TPSA) is 86.8 Å². The molecule has 0 saturated heterocycles. The van der Waals surface area contributed by atoms with Gasteiger partial charge in [0.05, 0.1) is 10.6 Å². The number of halogens is 1. The van der Waals surface area contributed by atoms with E-state index in [0.29, 0.717) is 5.69 Å². The predicted octanol–water partition coefficient (Wildman–Crippen LogP) is 5.28. The Morgan fingerprint density at radius 3 is 2.21 bits per heavy atom. The van der Waals surface area contributed by atoms with Gasteiger partial charge in [-0.2, -0.15) is 0 Å². The molecule has 3 aromatic rings. The number of benzene rings is 3. The van der Waals surface area contributed by atoms with Gasteiger partial charge in [0.1, 0.15) is 12.6 Å². The minimum Gasteiger partial charge on any atom is -0.352 e. The van der Waals surface area contributed by atoms with Crippen molar-refractivity contribution < 1.29 is 18.0 Å². The number of carbonyl (C=O) groups is 2. The van der Waals surface area contributed by atoms with E-state index in [1.807, 2.05) is 45.0 Å². The molecule has 0 aliphatic carbocycles. The van der Waals surface area contributed by atoms with Crippen molar-refractivity contribution in [2.75, 3.05) is 10.8 Å². The normalized spacial score (nSPS) is 12.9. The molecule has 0 bridgehead atoms. The first kappa shape index (κ1) is 29.4. The van der Waals surface area contributed by atoms with E-state index in [1.165, 1.54) is 17.0 Å². The second kappa shape index (κ2) is 13.1. The van der Waals surface area contributed by atoms with E-state index in [4.69, 9.17) is 0 Å². The summed E-state index contributed by atoms with van der Waals surface area (Å²) in [6, 6.07) is 21.6. The monoisotopic (exact) mass is 599 g/mol. The van der Waals surface area contributed by atoms with Crippen molar-refractivity contribution in [3.63, 3.8) is 0 Å². The van der Waals surface area contributed by atoms with Gasteiger partial charge in [0.25, 0.3) is 10.0 Å². The van der Waals surface area contributed by atoms with Crippen molar-refractivity contribution in [2.24, 2.45) is 0 Å². The first-order chi connectivity index (χ1) is 18.0. The third-order valence-corrected chi connectivity index (χ3v) is 8.62. The standard InChI is InChI=1S/C29H34BrN3O4S/c1-5-22(3)31-29(35)23(4)32(19-24-10-9-11-25(30)18-24)28(34)20-33(26-12-7-6-8-13-26)38(36,37)27-16-14-21(2)15-17-27/h6-18,22-23H,5,19-20H2,1-4H3,(H,31,35)/t22-,23-/m1/s1. The highest BCUT2D eigenvalue weighted by Crippen LogP contribution is 2.25. The summed E-state index contributed by atoms with van der Waals surface area (Å²) in [6.45, 7) is 7.08. The molecule has 0 aliphatic heterocycles. The third-order valence-electron chi connectivity index (χ3n) is 6.34. The minimum atomic E-state index is -4.07. The Kier molecular flexibility index (Phi) is 10.1. The van der Waals surface area contributed by atoms with Crippen molar-refractivity contribution in [3.8, 4) is 0 Å². The molecule has 0 radical (unpaired) electrons. The zero-order valence-corrected chi connectivity index (χ0v) is 24.5. The Balaban J connectivity index is 2.00. The maximum absolute atomic E-state index is 13.9. The molecule has 0 saturated carbocycles. The molecule has 9 heteroatoms. The van der Waals surface area contributed by atoms with Gasteiger partial charge in [-0.25, -0.2) is 8.42 Å². The van der Waals surface area contributed by atoms with Crippen LogP contribution in [-0.4, -0.2) is 43.8 Å². The number of para-hydroxylation sites is 1. The average Bonchev–Trinajstić information content (AvgIpc) is 2.90. The smallest absolute Gasteiger partial charge is 0.264 e. The van der Waals surface area contributed by atoms with Crippen LogP contribution in [0.1, 0.15) is 38.3 Å². The van der Waals surface area contributed by atoms with Crippen molar-refractivity contribution in [1.29, 1.82) is 0 Å².